The molecule has 1 aliphatic rings. The number of carbonyl (C=O) groups excluding carboxylic acids is 1. The fraction of sp³-hybridized carbons (Fsp3) is 0.300. The minimum atomic E-state index is -3.82. The number of fused-ring (bicyclic) bond motifs is 1. The smallest absolute Gasteiger partial charge is 0.309 e. The standard InChI is InChI=1S/C20H20FN3O4S/c21-9-1-11-29(26,27)28-15-6-4-13(5-7-15)17-12-18(24-20(25)14-2-3-14)23-19-16(17)8-10-22-19/h4-8,10,12,14H,1-3,9,11H2,(H2,22,23,24,25). The second kappa shape index (κ2) is 7.82. The minimum Gasteiger partial charge on any atom is -0.382 e. The van der Waals surface area contributed by atoms with Crippen molar-refractivity contribution >= 4 is 32.9 Å². The molecule has 0 spiro atoms. The second-order valence-corrected chi connectivity index (χ2v) is 8.66. The summed E-state index contributed by atoms with van der Waals surface area (Å²) in [6.45, 7) is -0.712. The molecule has 1 fully saturated rings. The van der Waals surface area contributed by atoms with Gasteiger partial charge in [0.25, 0.3) is 0 Å². The highest BCUT2D eigenvalue weighted by atomic mass is 32.2. The van der Waals surface area contributed by atoms with E-state index >= 15 is 0 Å². The Hall–Kier alpha value is -2.94. The second-order valence-electron chi connectivity index (χ2n) is 6.97. The number of pyridine rings is 1. The molecule has 1 aliphatic carbocycles. The zero-order chi connectivity index (χ0) is 20.4. The van der Waals surface area contributed by atoms with Crippen molar-refractivity contribution in [3.05, 3.63) is 42.6 Å². The number of benzene rings is 1. The van der Waals surface area contributed by atoms with Gasteiger partial charge in [0.1, 0.15) is 17.2 Å². The number of alkyl halides is 1. The Bertz CT molecular complexity index is 1140. The van der Waals surface area contributed by atoms with Crippen molar-refractivity contribution in [2.24, 2.45) is 5.92 Å². The lowest BCUT2D eigenvalue weighted by atomic mass is 10.0. The molecule has 2 aromatic heterocycles. The van der Waals surface area contributed by atoms with Crippen molar-refractivity contribution in [2.45, 2.75) is 19.3 Å². The van der Waals surface area contributed by atoms with E-state index in [2.05, 4.69) is 15.3 Å². The van der Waals surface area contributed by atoms with Crippen LogP contribution in [0.5, 0.6) is 5.75 Å². The van der Waals surface area contributed by atoms with E-state index in [0.717, 1.165) is 29.4 Å². The van der Waals surface area contributed by atoms with Gasteiger partial charge in [-0.05, 0) is 54.7 Å². The number of nitrogens with zero attached hydrogens (tertiary/aromatic N) is 1. The van der Waals surface area contributed by atoms with Crippen LogP contribution in [-0.2, 0) is 14.9 Å². The number of anilines is 1. The highest BCUT2D eigenvalue weighted by Crippen LogP contribution is 2.33. The molecule has 0 unspecified atom stereocenters. The van der Waals surface area contributed by atoms with E-state index in [4.69, 9.17) is 4.18 Å². The molecule has 0 aliphatic heterocycles. The molecular weight excluding hydrogens is 397 g/mol. The normalized spacial score (nSPS) is 14.1. The predicted octanol–water partition coefficient (Wildman–Crippen LogP) is 3.65. The van der Waals surface area contributed by atoms with E-state index in [9.17, 15) is 17.6 Å². The van der Waals surface area contributed by atoms with Crippen LogP contribution in [0.4, 0.5) is 10.2 Å². The number of hydrogen-bond acceptors (Lipinski definition) is 5. The third kappa shape index (κ3) is 4.56. The van der Waals surface area contributed by atoms with Gasteiger partial charge in [0.05, 0.1) is 12.4 Å². The maximum Gasteiger partial charge on any atom is 0.309 e. The van der Waals surface area contributed by atoms with Crippen LogP contribution in [0.1, 0.15) is 19.3 Å². The first kappa shape index (κ1) is 19.4. The molecule has 2 N–H and O–H groups in total. The van der Waals surface area contributed by atoms with Gasteiger partial charge in [0.15, 0.2) is 0 Å². The van der Waals surface area contributed by atoms with Crippen molar-refractivity contribution in [3.63, 3.8) is 0 Å². The molecule has 1 aromatic carbocycles. The predicted molar refractivity (Wildman–Crippen MR) is 108 cm³/mol. The Morgan fingerprint density at radius 2 is 2.00 bits per heavy atom. The third-order valence-electron chi connectivity index (χ3n) is 4.64. The SMILES string of the molecule is O=C(Nc1cc(-c2ccc(OS(=O)(=O)CCCF)cc2)c2cc[nH]c2n1)C1CC1. The van der Waals surface area contributed by atoms with Crippen LogP contribution in [0.25, 0.3) is 22.2 Å². The molecule has 1 saturated carbocycles. The summed E-state index contributed by atoms with van der Waals surface area (Å²) in [7, 11) is -3.82. The number of amides is 1. The van der Waals surface area contributed by atoms with Crippen molar-refractivity contribution in [1.29, 1.82) is 0 Å². The monoisotopic (exact) mass is 417 g/mol. The van der Waals surface area contributed by atoms with E-state index < -0.39 is 16.8 Å². The maximum atomic E-state index is 12.2. The fourth-order valence-electron chi connectivity index (χ4n) is 3.02. The van der Waals surface area contributed by atoms with Crippen LogP contribution in [0.2, 0.25) is 0 Å². The van der Waals surface area contributed by atoms with Crippen LogP contribution >= 0.6 is 0 Å². The van der Waals surface area contributed by atoms with Crippen LogP contribution in [-0.4, -0.2) is 36.7 Å². The Kier molecular flexibility index (Phi) is 5.23. The lowest BCUT2D eigenvalue weighted by Gasteiger charge is -2.10. The summed E-state index contributed by atoms with van der Waals surface area (Å²) in [4.78, 5) is 19.6. The summed E-state index contributed by atoms with van der Waals surface area (Å²) in [5.41, 5.74) is 2.30. The lowest BCUT2D eigenvalue weighted by Crippen LogP contribution is -2.14. The average Bonchev–Trinajstić information content (AvgIpc) is 3.44. The van der Waals surface area contributed by atoms with Crippen molar-refractivity contribution in [1.82, 2.24) is 9.97 Å². The van der Waals surface area contributed by atoms with E-state index in [1.165, 1.54) is 0 Å². The van der Waals surface area contributed by atoms with E-state index in [1.807, 2.05) is 6.07 Å². The molecule has 0 bridgehead atoms. The van der Waals surface area contributed by atoms with E-state index in [-0.39, 0.29) is 29.7 Å². The molecule has 2 heterocycles. The maximum absolute atomic E-state index is 12.2. The van der Waals surface area contributed by atoms with Crippen molar-refractivity contribution in [2.75, 3.05) is 17.7 Å². The number of nitrogens with one attached hydrogen (secondary N) is 2. The molecule has 4 rings (SSSR count). The van der Waals surface area contributed by atoms with Gasteiger partial charge in [-0.15, -0.1) is 0 Å². The van der Waals surface area contributed by atoms with Gasteiger partial charge in [-0.1, -0.05) is 12.1 Å². The number of aromatic amines is 1. The van der Waals surface area contributed by atoms with Crippen LogP contribution in [0.15, 0.2) is 42.6 Å². The highest BCUT2D eigenvalue weighted by Gasteiger charge is 2.30. The summed E-state index contributed by atoms with van der Waals surface area (Å²) < 4.78 is 40.9. The van der Waals surface area contributed by atoms with Gasteiger partial charge in [-0.2, -0.15) is 8.42 Å². The van der Waals surface area contributed by atoms with Crippen molar-refractivity contribution in [3.8, 4) is 16.9 Å². The Morgan fingerprint density at radius 1 is 1.24 bits per heavy atom. The molecule has 29 heavy (non-hydrogen) atoms. The van der Waals surface area contributed by atoms with Crippen LogP contribution < -0.4 is 9.50 Å². The van der Waals surface area contributed by atoms with Gasteiger partial charge in [0.2, 0.25) is 5.91 Å². The number of rotatable bonds is 8. The summed E-state index contributed by atoms with van der Waals surface area (Å²) in [5, 5.41) is 3.73. The zero-order valence-electron chi connectivity index (χ0n) is 15.5. The minimum absolute atomic E-state index is 0.0309. The largest absolute Gasteiger partial charge is 0.382 e. The quantitative estimate of drug-likeness (QED) is 0.545. The number of halogens is 1. The third-order valence-corrected chi connectivity index (χ3v) is 5.88. The van der Waals surface area contributed by atoms with Gasteiger partial charge < -0.3 is 14.5 Å². The number of H-pyrrole nitrogens is 1. The van der Waals surface area contributed by atoms with Crippen LogP contribution in [0, 0.1) is 5.92 Å². The first-order chi connectivity index (χ1) is 13.9. The molecule has 0 radical (unpaired) electrons. The molecule has 152 valence electrons. The molecule has 9 heteroatoms. The first-order valence-corrected chi connectivity index (χ1v) is 10.9. The van der Waals surface area contributed by atoms with Crippen molar-refractivity contribution < 1.29 is 21.8 Å². The molecule has 3 aromatic rings. The highest BCUT2D eigenvalue weighted by molar-refractivity contribution is 7.87. The zero-order valence-corrected chi connectivity index (χ0v) is 16.3. The number of aromatic nitrogens is 2. The first-order valence-electron chi connectivity index (χ1n) is 9.33. The summed E-state index contributed by atoms with van der Waals surface area (Å²) in [6.07, 6.45) is 3.47. The summed E-state index contributed by atoms with van der Waals surface area (Å²) in [6, 6.07) is 10.2. The topological polar surface area (TPSA) is 101 Å². The van der Waals surface area contributed by atoms with Crippen LogP contribution in [0.3, 0.4) is 0 Å². The Labute approximate surface area is 167 Å². The van der Waals surface area contributed by atoms with E-state index in [1.54, 1.807) is 36.5 Å². The number of carbonyl (C=O) groups is 1. The average molecular weight is 417 g/mol. The molecule has 1 amide bonds. The Balaban J connectivity index is 1.60. The summed E-state index contributed by atoms with van der Waals surface area (Å²) in [5.74, 6) is 0.283. The number of hydrogen-bond donors (Lipinski definition) is 2. The lowest BCUT2D eigenvalue weighted by molar-refractivity contribution is -0.117. The Morgan fingerprint density at radius 3 is 2.69 bits per heavy atom. The fourth-order valence-corrected chi connectivity index (χ4v) is 3.97. The molecule has 7 nitrogen and oxygen atoms in total. The molecular formula is C20H20FN3O4S. The summed E-state index contributed by atoms with van der Waals surface area (Å²) >= 11 is 0. The van der Waals surface area contributed by atoms with Gasteiger partial charge >= 0.3 is 10.1 Å². The molecule has 0 atom stereocenters. The van der Waals surface area contributed by atoms with Gasteiger partial charge in [-0.25, -0.2) is 4.98 Å². The van der Waals surface area contributed by atoms with Gasteiger partial charge in [0, 0.05) is 17.5 Å². The van der Waals surface area contributed by atoms with Gasteiger partial charge in [-0.3, -0.25) is 9.18 Å². The molecule has 0 saturated heterocycles. The van der Waals surface area contributed by atoms with E-state index in [0.29, 0.717) is 11.5 Å².